The van der Waals surface area contributed by atoms with Crippen LogP contribution in [-0.4, -0.2) is 57.6 Å². The van der Waals surface area contributed by atoms with E-state index in [0.717, 1.165) is 29.0 Å². The zero-order valence-corrected chi connectivity index (χ0v) is 21.5. The molecule has 0 aromatic heterocycles. The number of hydrogen-bond acceptors (Lipinski definition) is 5. The summed E-state index contributed by atoms with van der Waals surface area (Å²) in [6, 6.07) is 12.5. The largest absolute Gasteiger partial charge is 0.497 e. The van der Waals surface area contributed by atoms with Gasteiger partial charge in [0.2, 0.25) is 21.8 Å². The Morgan fingerprint density at radius 1 is 1.15 bits per heavy atom. The van der Waals surface area contributed by atoms with Crippen LogP contribution in [0.3, 0.4) is 0 Å². The maximum Gasteiger partial charge on any atom is 0.244 e. The van der Waals surface area contributed by atoms with Crippen molar-refractivity contribution in [3.05, 3.63) is 59.1 Å². The van der Waals surface area contributed by atoms with Crippen LogP contribution in [0.2, 0.25) is 5.02 Å². The van der Waals surface area contributed by atoms with E-state index in [2.05, 4.69) is 5.32 Å². The van der Waals surface area contributed by atoms with Gasteiger partial charge in [-0.05, 0) is 55.3 Å². The first-order valence-electron chi connectivity index (χ1n) is 11.0. The van der Waals surface area contributed by atoms with Gasteiger partial charge in [0.05, 0.1) is 19.1 Å². The van der Waals surface area contributed by atoms with Crippen LogP contribution in [-0.2, 0) is 26.2 Å². The zero-order chi connectivity index (χ0) is 25.3. The lowest BCUT2D eigenvalue weighted by atomic mass is 10.1. The lowest BCUT2D eigenvalue weighted by Gasteiger charge is -2.31. The predicted octanol–water partition coefficient (Wildman–Crippen LogP) is 3.45. The van der Waals surface area contributed by atoms with Gasteiger partial charge in [-0.3, -0.25) is 13.9 Å². The molecule has 0 fully saturated rings. The van der Waals surface area contributed by atoms with Crippen molar-refractivity contribution < 1.29 is 22.7 Å². The number of carbonyl (C=O) groups excluding carboxylic acids is 2. The molecule has 2 amide bonds. The van der Waals surface area contributed by atoms with Gasteiger partial charge in [0.25, 0.3) is 0 Å². The molecule has 0 saturated heterocycles. The number of nitrogens with one attached hydrogen (secondary N) is 1. The molecule has 2 rings (SSSR count). The lowest BCUT2D eigenvalue weighted by Crippen LogP contribution is -2.51. The van der Waals surface area contributed by atoms with E-state index in [-0.39, 0.29) is 12.5 Å². The maximum absolute atomic E-state index is 13.5. The van der Waals surface area contributed by atoms with Crippen LogP contribution in [0.1, 0.15) is 32.3 Å². The third-order valence-corrected chi connectivity index (χ3v) is 6.67. The van der Waals surface area contributed by atoms with E-state index in [1.165, 1.54) is 17.0 Å². The molecule has 8 nitrogen and oxygen atoms in total. The first kappa shape index (κ1) is 27.5. The highest BCUT2D eigenvalue weighted by atomic mass is 35.5. The average Bonchev–Trinajstić information content (AvgIpc) is 2.80. The SMILES string of the molecule is CCCCNC(=O)[C@@H](C)N(Cc1cccc(OC)c1)C(=O)CN(c1ccc(Cl)cc1)S(C)(=O)=O. The number of halogens is 1. The minimum absolute atomic E-state index is 0.108. The number of benzene rings is 2. The van der Waals surface area contributed by atoms with Crippen molar-refractivity contribution in [3.8, 4) is 5.75 Å². The van der Waals surface area contributed by atoms with Crippen LogP contribution in [0.25, 0.3) is 0 Å². The molecular formula is C24H32ClN3O5S. The number of hydrogen-bond donors (Lipinski definition) is 1. The van der Waals surface area contributed by atoms with E-state index in [4.69, 9.17) is 16.3 Å². The van der Waals surface area contributed by atoms with Crippen LogP contribution in [0.4, 0.5) is 5.69 Å². The quantitative estimate of drug-likeness (QED) is 0.442. The van der Waals surface area contributed by atoms with Gasteiger partial charge in [0.15, 0.2) is 0 Å². The number of unbranched alkanes of at least 4 members (excludes halogenated alkanes) is 1. The lowest BCUT2D eigenvalue weighted by molar-refractivity contribution is -0.139. The second kappa shape index (κ2) is 12.6. The summed E-state index contributed by atoms with van der Waals surface area (Å²) in [6.45, 7) is 3.80. The minimum atomic E-state index is -3.78. The number of anilines is 1. The summed E-state index contributed by atoms with van der Waals surface area (Å²) in [4.78, 5) is 27.6. The fraction of sp³-hybridized carbons (Fsp3) is 0.417. The number of rotatable bonds is 12. The summed E-state index contributed by atoms with van der Waals surface area (Å²) < 4.78 is 31.3. The van der Waals surface area contributed by atoms with Crippen molar-refractivity contribution in [2.75, 3.05) is 30.8 Å². The molecule has 0 aliphatic carbocycles. The van der Waals surface area contributed by atoms with Crippen LogP contribution in [0.15, 0.2) is 48.5 Å². The van der Waals surface area contributed by atoms with Gasteiger partial charge in [-0.2, -0.15) is 0 Å². The highest BCUT2D eigenvalue weighted by Gasteiger charge is 2.30. The first-order chi connectivity index (χ1) is 16.1. The number of nitrogens with zero attached hydrogens (tertiary/aromatic N) is 2. The number of amides is 2. The summed E-state index contributed by atoms with van der Waals surface area (Å²) in [5, 5.41) is 3.29. The van der Waals surface area contributed by atoms with Crippen molar-refractivity contribution in [2.24, 2.45) is 0 Å². The Morgan fingerprint density at radius 2 is 1.82 bits per heavy atom. The van der Waals surface area contributed by atoms with Gasteiger partial charge in [-0.1, -0.05) is 37.1 Å². The van der Waals surface area contributed by atoms with E-state index in [0.29, 0.717) is 23.0 Å². The Hall–Kier alpha value is -2.78. The number of sulfonamides is 1. The normalized spacial score (nSPS) is 12.0. The van der Waals surface area contributed by atoms with Gasteiger partial charge in [0.1, 0.15) is 18.3 Å². The topological polar surface area (TPSA) is 96.0 Å². The molecule has 10 heteroatoms. The highest BCUT2D eigenvalue weighted by molar-refractivity contribution is 7.92. The molecule has 0 saturated carbocycles. The van der Waals surface area contributed by atoms with Gasteiger partial charge >= 0.3 is 0 Å². The van der Waals surface area contributed by atoms with Crippen LogP contribution in [0.5, 0.6) is 5.75 Å². The van der Waals surface area contributed by atoms with E-state index < -0.39 is 28.5 Å². The summed E-state index contributed by atoms with van der Waals surface area (Å²) in [5.41, 5.74) is 1.06. The van der Waals surface area contributed by atoms with E-state index >= 15 is 0 Å². The maximum atomic E-state index is 13.5. The summed E-state index contributed by atoms with van der Waals surface area (Å²) in [5.74, 6) is -0.202. The highest BCUT2D eigenvalue weighted by Crippen LogP contribution is 2.22. The van der Waals surface area contributed by atoms with Crippen LogP contribution < -0.4 is 14.4 Å². The third kappa shape index (κ3) is 7.92. The molecule has 2 aromatic rings. The molecule has 186 valence electrons. The van der Waals surface area contributed by atoms with E-state index in [1.54, 1.807) is 44.4 Å². The molecular weight excluding hydrogens is 478 g/mol. The Kier molecular flexibility index (Phi) is 10.2. The Morgan fingerprint density at radius 3 is 2.41 bits per heavy atom. The second-order valence-corrected chi connectivity index (χ2v) is 10.3. The molecule has 1 N–H and O–H groups in total. The number of ether oxygens (including phenoxy) is 1. The molecule has 0 aliphatic heterocycles. The first-order valence-corrected chi connectivity index (χ1v) is 13.2. The van der Waals surface area contributed by atoms with Gasteiger partial charge in [-0.15, -0.1) is 0 Å². The number of methoxy groups -OCH3 is 1. The smallest absolute Gasteiger partial charge is 0.244 e. The summed E-state index contributed by atoms with van der Waals surface area (Å²) in [6.07, 6.45) is 2.77. The van der Waals surface area contributed by atoms with E-state index in [1.807, 2.05) is 13.0 Å². The van der Waals surface area contributed by atoms with Crippen molar-refractivity contribution >= 4 is 39.1 Å². The molecule has 0 bridgehead atoms. The molecule has 0 aliphatic rings. The van der Waals surface area contributed by atoms with Crippen LogP contribution in [0, 0.1) is 0 Å². The predicted molar refractivity (Wildman–Crippen MR) is 135 cm³/mol. The van der Waals surface area contributed by atoms with E-state index in [9.17, 15) is 18.0 Å². The third-order valence-electron chi connectivity index (χ3n) is 5.28. The Balaban J connectivity index is 2.35. The fourth-order valence-electron chi connectivity index (χ4n) is 3.31. The molecule has 2 aromatic carbocycles. The van der Waals surface area contributed by atoms with Gasteiger partial charge < -0.3 is 15.0 Å². The zero-order valence-electron chi connectivity index (χ0n) is 20.0. The Bertz CT molecular complexity index is 1080. The summed E-state index contributed by atoms with van der Waals surface area (Å²) in [7, 11) is -2.24. The summed E-state index contributed by atoms with van der Waals surface area (Å²) >= 11 is 5.93. The van der Waals surface area contributed by atoms with Crippen molar-refractivity contribution in [1.82, 2.24) is 10.2 Å². The molecule has 0 spiro atoms. The second-order valence-electron chi connectivity index (χ2n) is 7.94. The van der Waals surface area contributed by atoms with Crippen molar-refractivity contribution in [2.45, 2.75) is 39.3 Å². The monoisotopic (exact) mass is 509 g/mol. The van der Waals surface area contributed by atoms with Crippen LogP contribution >= 0.6 is 11.6 Å². The number of carbonyl (C=O) groups is 2. The molecule has 0 unspecified atom stereocenters. The standard InChI is InChI=1S/C24H32ClN3O5S/c1-5-6-14-26-24(30)18(2)27(16-19-8-7-9-22(15-19)33-3)23(29)17-28(34(4,31)32)21-12-10-20(25)11-13-21/h7-13,15,18H,5-6,14,16-17H2,1-4H3,(H,26,30)/t18-/m1/s1. The average molecular weight is 510 g/mol. The molecule has 0 radical (unpaired) electrons. The molecule has 1 atom stereocenters. The van der Waals surface area contributed by atoms with Crippen molar-refractivity contribution in [1.29, 1.82) is 0 Å². The van der Waals surface area contributed by atoms with Gasteiger partial charge in [-0.25, -0.2) is 8.42 Å². The minimum Gasteiger partial charge on any atom is -0.497 e. The molecule has 34 heavy (non-hydrogen) atoms. The fourth-order valence-corrected chi connectivity index (χ4v) is 4.28. The molecule has 0 heterocycles. The Labute approximate surface area is 206 Å². The van der Waals surface area contributed by atoms with Gasteiger partial charge in [0, 0.05) is 18.1 Å². The van der Waals surface area contributed by atoms with Crippen molar-refractivity contribution in [3.63, 3.8) is 0 Å².